The van der Waals surface area contributed by atoms with Gasteiger partial charge in [-0.15, -0.1) is 11.8 Å². The molecule has 1 aromatic rings. The highest BCUT2D eigenvalue weighted by Crippen LogP contribution is 2.32. The highest BCUT2D eigenvalue weighted by Gasteiger charge is 2.16. The van der Waals surface area contributed by atoms with Crippen LogP contribution in [0.15, 0.2) is 23.1 Å². The molecule has 1 atom stereocenters. The third kappa shape index (κ3) is 2.97. The number of anilines is 1. The van der Waals surface area contributed by atoms with Crippen LogP contribution in [-0.2, 0) is 11.2 Å². The van der Waals surface area contributed by atoms with Crippen molar-refractivity contribution in [3.63, 3.8) is 0 Å². The first-order chi connectivity index (χ1) is 8.58. The summed E-state index contributed by atoms with van der Waals surface area (Å²) >= 11 is 1.89. The van der Waals surface area contributed by atoms with E-state index in [-0.39, 0.29) is 0 Å². The van der Waals surface area contributed by atoms with Crippen molar-refractivity contribution in [2.24, 2.45) is 5.73 Å². The first kappa shape index (κ1) is 13.2. The van der Waals surface area contributed by atoms with E-state index in [1.165, 1.54) is 22.6 Å². The summed E-state index contributed by atoms with van der Waals surface area (Å²) in [6.07, 6.45) is 2.31. The maximum atomic E-state index is 10.7. The Morgan fingerprint density at radius 1 is 1.61 bits per heavy atom. The van der Waals surface area contributed by atoms with Crippen LogP contribution in [0.1, 0.15) is 12.0 Å². The molecule has 0 radical (unpaired) electrons. The van der Waals surface area contributed by atoms with Crippen LogP contribution in [0.3, 0.4) is 0 Å². The average molecular weight is 266 g/mol. The standard InChI is InChI=1S/C13H18N2O2S/c1-15(8-11(14)13(16)17)10-4-5-12-9(7-10)3-2-6-18-12/h4-5,7,11H,2-3,6,8,14H2,1H3,(H,16,17). The van der Waals surface area contributed by atoms with Crippen LogP contribution < -0.4 is 10.6 Å². The van der Waals surface area contributed by atoms with Crippen molar-refractivity contribution in [2.75, 3.05) is 24.2 Å². The lowest BCUT2D eigenvalue weighted by atomic mass is 10.1. The summed E-state index contributed by atoms with van der Waals surface area (Å²) in [4.78, 5) is 14.0. The van der Waals surface area contributed by atoms with Gasteiger partial charge in [-0.2, -0.15) is 0 Å². The second kappa shape index (κ2) is 5.63. The Morgan fingerprint density at radius 3 is 3.11 bits per heavy atom. The van der Waals surface area contributed by atoms with Gasteiger partial charge in [0.15, 0.2) is 0 Å². The molecule has 1 aliphatic heterocycles. The van der Waals surface area contributed by atoms with Gasteiger partial charge in [0, 0.05) is 24.2 Å². The first-order valence-corrected chi connectivity index (χ1v) is 7.02. The lowest BCUT2D eigenvalue weighted by molar-refractivity contribution is -0.138. The number of nitrogens with zero attached hydrogens (tertiary/aromatic N) is 1. The fourth-order valence-corrected chi connectivity index (χ4v) is 3.08. The number of rotatable bonds is 4. The number of carboxylic acid groups (broad SMARTS) is 1. The number of aryl methyl sites for hydroxylation is 1. The molecule has 0 bridgehead atoms. The molecule has 0 spiro atoms. The van der Waals surface area contributed by atoms with Crippen molar-refractivity contribution >= 4 is 23.4 Å². The van der Waals surface area contributed by atoms with Crippen LogP contribution >= 0.6 is 11.8 Å². The van der Waals surface area contributed by atoms with Gasteiger partial charge in [0.1, 0.15) is 6.04 Å². The Balaban J connectivity index is 2.11. The quantitative estimate of drug-likeness (QED) is 0.866. The number of aliphatic carboxylic acids is 1. The van der Waals surface area contributed by atoms with Gasteiger partial charge in [-0.25, -0.2) is 0 Å². The van der Waals surface area contributed by atoms with E-state index >= 15 is 0 Å². The van der Waals surface area contributed by atoms with Crippen molar-refractivity contribution in [1.29, 1.82) is 0 Å². The van der Waals surface area contributed by atoms with Gasteiger partial charge in [-0.3, -0.25) is 4.79 Å². The SMILES string of the molecule is CN(CC(N)C(=O)O)c1ccc2c(c1)CCCS2. The second-order valence-electron chi connectivity index (χ2n) is 4.57. The highest BCUT2D eigenvalue weighted by molar-refractivity contribution is 7.99. The molecule has 1 unspecified atom stereocenters. The average Bonchev–Trinajstić information content (AvgIpc) is 2.37. The third-order valence-electron chi connectivity index (χ3n) is 3.12. The predicted octanol–water partition coefficient (Wildman–Crippen LogP) is 1.57. The summed E-state index contributed by atoms with van der Waals surface area (Å²) in [6, 6.07) is 5.46. The molecule has 4 nitrogen and oxygen atoms in total. The third-order valence-corrected chi connectivity index (χ3v) is 4.32. The minimum Gasteiger partial charge on any atom is -0.480 e. The Labute approximate surface area is 111 Å². The number of benzene rings is 1. The van der Waals surface area contributed by atoms with E-state index in [1.54, 1.807) is 0 Å². The van der Waals surface area contributed by atoms with E-state index in [0.29, 0.717) is 6.54 Å². The summed E-state index contributed by atoms with van der Waals surface area (Å²) in [7, 11) is 1.88. The zero-order valence-corrected chi connectivity index (χ0v) is 11.2. The zero-order chi connectivity index (χ0) is 13.1. The van der Waals surface area contributed by atoms with Gasteiger partial charge >= 0.3 is 5.97 Å². The van der Waals surface area contributed by atoms with Crippen molar-refractivity contribution in [3.8, 4) is 0 Å². The molecule has 1 heterocycles. The van der Waals surface area contributed by atoms with Crippen molar-refractivity contribution in [3.05, 3.63) is 23.8 Å². The largest absolute Gasteiger partial charge is 0.480 e. The molecule has 0 fully saturated rings. The van der Waals surface area contributed by atoms with E-state index in [2.05, 4.69) is 12.1 Å². The van der Waals surface area contributed by atoms with Crippen LogP contribution in [0.2, 0.25) is 0 Å². The summed E-state index contributed by atoms with van der Waals surface area (Å²) in [5.41, 5.74) is 7.94. The lowest BCUT2D eigenvalue weighted by Gasteiger charge is -2.24. The highest BCUT2D eigenvalue weighted by atomic mass is 32.2. The van der Waals surface area contributed by atoms with Gasteiger partial charge in [-0.05, 0) is 42.4 Å². The fourth-order valence-electron chi connectivity index (χ4n) is 2.06. The molecular weight excluding hydrogens is 248 g/mol. The van der Waals surface area contributed by atoms with Crippen LogP contribution in [0.25, 0.3) is 0 Å². The maximum absolute atomic E-state index is 10.7. The van der Waals surface area contributed by atoms with Gasteiger partial charge in [0.05, 0.1) is 0 Å². The minimum atomic E-state index is -0.963. The second-order valence-corrected chi connectivity index (χ2v) is 5.71. The first-order valence-electron chi connectivity index (χ1n) is 6.03. The predicted molar refractivity (Wildman–Crippen MR) is 74.4 cm³/mol. The summed E-state index contributed by atoms with van der Waals surface area (Å²) in [5.74, 6) is 0.224. The van der Waals surface area contributed by atoms with E-state index in [1.807, 2.05) is 29.8 Å². The topological polar surface area (TPSA) is 66.6 Å². The van der Waals surface area contributed by atoms with Gasteiger partial charge < -0.3 is 15.7 Å². The molecule has 5 heteroatoms. The van der Waals surface area contributed by atoms with Gasteiger partial charge in [0.25, 0.3) is 0 Å². The van der Waals surface area contributed by atoms with Gasteiger partial charge in [-0.1, -0.05) is 0 Å². The Kier molecular flexibility index (Phi) is 4.14. The molecular formula is C13H18N2O2S. The Morgan fingerprint density at radius 2 is 2.39 bits per heavy atom. The normalized spacial score (nSPS) is 15.9. The monoisotopic (exact) mass is 266 g/mol. The molecule has 98 valence electrons. The molecule has 2 rings (SSSR count). The van der Waals surface area contributed by atoms with E-state index in [0.717, 1.165) is 12.1 Å². The number of thioether (sulfide) groups is 1. The molecule has 0 saturated heterocycles. The minimum absolute atomic E-state index is 0.321. The van der Waals surface area contributed by atoms with Crippen molar-refractivity contribution in [2.45, 2.75) is 23.8 Å². The Bertz CT molecular complexity index is 451. The number of fused-ring (bicyclic) bond motifs is 1. The molecule has 0 saturated carbocycles. The number of carbonyl (C=O) groups is 1. The Hall–Kier alpha value is -1.20. The smallest absolute Gasteiger partial charge is 0.322 e. The van der Waals surface area contributed by atoms with E-state index < -0.39 is 12.0 Å². The van der Waals surface area contributed by atoms with Crippen LogP contribution in [-0.4, -0.2) is 36.5 Å². The number of hydrogen-bond acceptors (Lipinski definition) is 4. The molecule has 3 N–H and O–H groups in total. The van der Waals surface area contributed by atoms with Crippen LogP contribution in [0.4, 0.5) is 5.69 Å². The molecule has 0 aliphatic carbocycles. The van der Waals surface area contributed by atoms with Crippen LogP contribution in [0, 0.1) is 0 Å². The molecule has 1 aliphatic rings. The lowest BCUT2D eigenvalue weighted by Crippen LogP contribution is -2.41. The number of likely N-dealkylation sites (N-methyl/N-ethyl adjacent to an activating group) is 1. The molecule has 1 aromatic carbocycles. The molecule has 18 heavy (non-hydrogen) atoms. The van der Waals surface area contributed by atoms with Crippen molar-refractivity contribution < 1.29 is 9.90 Å². The number of carboxylic acids is 1. The maximum Gasteiger partial charge on any atom is 0.322 e. The van der Waals surface area contributed by atoms with Crippen LogP contribution in [0.5, 0.6) is 0 Å². The molecule has 0 amide bonds. The van der Waals surface area contributed by atoms with Crippen molar-refractivity contribution in [1.82, 2.24) is 0 Å². The number of nitrogens with two attached hydrogens (primary N) is 1. The van der Waals surface area contributed by atoms with Gasteiger partial charge in [0.2, 0.25) is 0 Å². The van der Waals surface area contributed by atoms with E-state index in [9.17, 15) is 4.79 Å². The summed E-state index contributed by atoms with van der Waals surface area (Å²) in [6.45, 7) is 0.321. The number of hydrogen-bond donors (Lipinski definition) is 2. The zero-order valence-electron chi connectivity index (χ0n) is 10.4. The molecule has 0 aromatic heterocycles. The van der Waals surface area contributed by atoms with E-state index in [4.69, 9.17) is 10.8 Å². The fraction of sp³-hybridized carbons (Fsp3) is 0.462. The summed E-state index contributed by atoms with van der Waals surface area (Å²) < 4.78 is 0. The summed E-state index contributed by atoms with van der Waals surface area (Å²) in [5, 5.41) is 8.81.